The number of likely N-dealkylation sites (tertiary alicyclic amines) is 1. The van der Waals surface area contributed by atoms with E-state index >= 15 is 0 Å². The molecule has 2 aliphatic rings. The van der Waals surface area contributed by atoms with Crippen molar-refractivity contribution in [3.8, 4) is 0 Å². The summed E-state index contributed by atoms with van der Waals surface area (Å²) in [6.07, 6.45) is 7.21. The third-order valence-electron chi connectivity index (χ3n) is 7.99. The standard InChI is InChI=1S/C29H42ClN5O5S2/c1-42(38,39)34-25(12-9-19-5-3-2-4-6-19)29(37)35-16-23(40-17-20-7-10-22(30)11-8-20)14-26(35)28(36)33-15-24-13-21(18-41-24)27(31)32/h7-8,10-11,13,18-19,23,25-27,34H,2-6,9,12,14-17,31-32H2,1H3,(H,33,36)/t23-,25-,26?/m1/s1. The monoisotopic (exact) mass is 639 g/mol. The maximum atomic E-state index is 13.9. The number of nitrogens with two attached hydrogens (primary N) is 2. The first-order valence-electron chi connectivity index (χ1n) is 14.5. The van der Waals surface area contributed by atoms with Gasteiger partial charge in [0.15, 0.2) is 0 Å². The van der Waals surface area contributed by atoms with Crippen molar-refractivity contribution >= 4 is 44.8 Å². The van der Waals surface area contributed by atoms with Gasteiger partial charge in [-0.2, -0.15) is 0 Å². The average Bonchev–Trinajstić information content (AvgIpc) is 3.61. The molecule has 1 saturated heterocycles. The van der Waals surface area contributed by atoms with Gasteiger partial charge in [-0.05, 0) is 53.5 Å². The molecule has 4 rings (SSSR count). The SMILES string of the molecule is CS(=O)(=O)N[C@H](CCC1CCCCC1)C(=O)N1C[C@H](OCc2ccc(Cl)cc2)CC1C(=O)NCc1cc(C(N)N)cs1. The van der Waals surface area contributed by atoms with E-state index in [0.29, 0.717) is 30.4 Å². The largest absolute Gasteiger partial charge is 0.372 e. The van der Waals surface area contributed by atoms with Gasteiger partial charge in [0, 0.05) is 22.9 Å². The van der Waals surface area contributed by atoms with Crippen molar-refractivity contribution in [1.82, 2.24) is 14.9 Å². The van der Waals surface area contributed by atoms with Gasteiger partial charge in [-0.25, -0.2) is 13.1 Å². The fraction of sp³-hybridized carbons (Fsp3) is 0.586. The Morgan fingerprint density at radius 2 is 1.88 bits per heavy atom. The summed E-state index contributed by atoms with van der Waals surface area (Å²) in [6, 6.07) is 7.39. The molecule has 0 bridgehead atoms. The Bertz CT molecular complexity index is 1300. The Kier molecular flexibility index (Phi) is 11.8. The second-order valence-electron chi connectivity index (χ2n) is 11.4. The van der Waals surface area contributed by atoms with Crippen molar-refractivity contribution in [3.05, 3.63) is 56.7 Å². The first-order chi connectivity index (χ1) is 20.0. The van der Waals surface area contributed by atoms with Crippen LogP contribution >= 0.6 is 22.9 Å². The van der Waals surface area contributed by atoms with Crippen molar-refractivity contribution < 1.29 is 22.7 Å². The summed E-state index contributed by atoms with van der Waals surface area (Å²) < 4.78 is 33.2. The Labute approximate surface area is 257 Å². The average molecular weight is 640 g/mol. The van der Waals surface area contributed by atoms with Gasteiger partial charge in [0.05, 0.1) is 31.7 Å². The summed E-state index contributed by atoms with van der Waals surface area (Å²) in [7, 11) is -3.66. The van der Waals surface area contributed by atoms with Crippen LogP contribution in [0.25, 0.3) is 0 Å². The molecule has 0 spiro atoms. The van der Waals surface area contributed by atoms with E-state index in [2.05, 4.69) is 10.0 Å². The maximum Gasteiger partial charge on any atom is 0.243 e. The van der Waals surface area contributed by atoms with E-state index in [1.165, 1.54) is 22.7 Å². The quantitative estimate of drug-likeness (QED) is 0.245. The molecule has 6 N–H and O–H groups in total. The summed E-state index contributed by atoms with van der Waals surface area (Å²) in [5.41, 5.74) is 13.2. The number of nitrogens with zero attached hydrogens (tertiary/aromatic N) is 1. The molecule has 2 heterocycles. The van der Waals surface area contributed by atoms with Crippen LogP contribution in [-0.4, -0.2) is 56.1 Å². The van der Waals surface area contributed by atoms with Crippen molar-refractivity contribution in [2.75, 3.05) is 12.8 Å². The molecule has 2 aromatic rings. The molecule has 2 amide bonds. The highest BCUT2D eigenvalue weighted by atomic mass is 35.5. The van der Waals surface area contributed by atoms with E-state index in [0.717, 1.165) is 54.4 Å². The minimum Gasteiger partial charge on any atom is -0.372 e. The van der Waals surface area contributed by atoms with Crippen molar-refractivity contribution in [2.24, 2.45) is 17.4 Å². The molecule has 13 heteroatoms. The Balaban J connectivity index is 1.47. The predicted octanol–water partition coefficient (Wildman–Crippen LogP) is 3.40. The molecule has 1 aliphatic heterocycles. The summed E-state index contributed by atoms with van der Waals surface area (Å²) in [4.78, 5) is 29.8. The summed E-state index contributed by atoms with van der Waals surface area (Å²) in [5.74, 6) is -0.249. The molecule has 232 valence electrons. The minimum absolute atomic E-state index is 0.182. The number of sulfonamides is 1. The number of hydrogen-bond acceptors (Lipinski definition) is 8. The van der Waals surface area contributed by atoms with Crippen LogP contribution in [0.2, 0.25) is 5.02 Å². The molecule has 1 saturated carbocycles. The minimum atomic E-state index is -3.66. The van der Waals surface area contributed by atoms with E-state index in [1.807, 2.05) is 23.6 Å². The highest BCUT2D eigenvalue weighted by Crippen LogP contribution is 2.29. The van der Waals surface area contributed by atoms with Crippen LogP contribution in [-0.2, 0) is 37.5 Å². The number of benzene rings is 1. The number of nitrogens with one attached hydrogen (secondary N) is 2. The Morgan fingerprint density at radius 3 is 2.52 bits per heavy atom. The normalized spacial score (nSPS) is 20.6. The molecule has 3 atom stereocenters. The number of thiophene rings is 1. The summed E-state index contributed by atoms with van der Waals surface area (Å²) in [5, 5.41) is 5.41. The molecule has 1 unspecified atom stereocenters. The van der Waals surface area contributed by atoms with E-state index in [-0.39, 0.29) is 19.0 Å². The van der Waals surface area contributed by atoms with Gasteiger partial charge < -0.3 is 26.4 Å². The molecular formula is C29H42ClN5O5S2. The van der Waals surface area contributed by atoms with Gasteiger partial charge in [0.2, 0.25) is 21.8 Å². The Hall–Kier alpha value is -2.06. The van der Waals surface area contributed by atoms with Gasteiger partial charge in [0.25, 0.3) is 0 Å². The number of carbonyl (C=O) groups excluding carboxylic acids is 2. The summed E-state index contributed by atoms with van der Waals surface area (Å²) >= 11 is 7.44. The number of carbonyl (C=O) groups is 2. The third kappa shape index (κ3) is 9.73. The third-order valence-corrected chi connectivity index (χ3v) is 9.91. The topological polar surface area (TPSA) is 157 Å². The van der Waals surface area contributed by atoms with Crippen LogP contribution in [0, 0.1) is 5.92 Å². The van der Waals surface area contributed by atoms with E-state index in [9.17, 15) is 18.0 Å². The van der Waals surface area contributed by atoms with Gasteiger partial charge in [-0.3, -0.25) is 9.59 Å². The lowest BCUT2D eigenvalue weighted by Crippen LogP contribution is -2.53. The van der Waals surface area contributed by atoms with Gasteiger partial charge >= 0.3 is 0 Å². The van der Waals surface area contributed by atoms with Crippen LogP contribution in [0.3, 0.4) is 0 Å². The second-order valence-corrected chi connectivity index (χ2v) is 14.6. The molecular weight excluding hydrogens is 598 g/mol. The van der Waals surface area contributed by atoms with Crippen molar-refractivity contribution in [3.63, 3.8) is 0 Å². The van der Waals surface area contributed by atoms with E-state index in [4.69, 9.17) is 27.8 Å². The van der Waals surface area contributed by atoms with Crippen LogP contribution in [0.5, 0.6) is 0 Å². The molecule has 10 nitrogen and oxygen atoms in total. The highest BCUT2D eigenvalue weighted by Gasteiger charge is 2.42. The smallest absolute Gasteiger partial charge is 0.243 e. The molecule has 0 radical (unpaired) electrons. The zero-order chi connectivity index (χ0) is 30.3. The van der Waals surface area contributed by atoms with Crippen LogP contribution < -0.4 is 21.5 Å². The molecule has 1 aromatic heterocycles. The van der Waals surface area contributed by atoms with E-state index < -0.39 is 40.3 Å². The maximum absolute atomic E-state index is 13.9. The summed E-state index contributed by atoms with van der Waals surface area (Å²) in [6.45, 7) is 0.737. The highest BCUT2D eigenvalue weighted by molar-refractivity contribution is 7.88. The fourth-order valence-electron chi connectivity index (χ4n) is 5.73. The zero-order valence-electron chi connectivity index (χ0n) is 24.0. The predicted molar refractivity (Wildman–Crippen MR) is 165 cm³/mol. The number of hydrogen-bond donors (Lipinski definition) is 4. The first kappa shape index (κ1) is 32.8. The van der Waals surface area contributed by atoms with E-state index in [1.54, 1.807) is 12.1 Å². The molecule has 1 aromatic carbocycles. The van der Waals surface area contributed by atoms with Crippen LogP contribution in [0.15, 0.2) is 35.7 Å². The number of amides is 2. The van der Waals surface area contributed by atoms with Gasteiger partial charge in [-0.15, -0.1) is 11.3 Å². The number of halogens is 1. The van der Waals surface area contributed by atoms with Crippen molar-refractivity contribution in [2.45, 2.75) is 88.9 Å². The number of ether oxygens (including phenoxy) is 1. The molecule has 2 fully saturated rings. The van der Waals surface area contributed by atoms with Gasteiger partial charge in [-0.1, -0.05) is 55.8 Å². The lowest BCUT2D eigenvalue weighted by molar-refractivity contribution is -0.140. The zero-order valence-corrected chi connectivity index (χ0v) is 26.4. The Morgan fingerprint density at radius 1 is 1.17 bits per heavy atom. The fourth-order valence-corrected chi connectivity index (χ4v) is 7.47. The molecule has 42 heavy (non-hydrogen) atoms. The first-order valence-corrected chi connectivity index (χ1v) is 17.6. The van der Waals surface area contributed by atoms with Crippen LogP contribution in [0.4, 0.5) is 0 Å². The van der Waals surface area contributed by atoms with Crippen molar-refractivity contribution in [1.29, 1.82) is 0 Å². The van der Waals surface area contributed by atoms with Gasteiger partial charge in [0.1, 0.15) is 12.1 Å². The lowest BCUT2D eigenvalue weighted by Gasteiger charge is -2.29. The molecule has 1 aliphatic carbocycles. The lowest BCUT2D eigenvalue weighted by atomic mass is 9.85. The second kappa shape index (κ2) is 15.1. The van der Waals surface area contributed by atoms with Crippen LogP contribution in [0.1, 0.15) is 73.5 Å². The number of rotatable bonds is 13.